The minimum Gasteiger partial charge on any atom is -0.317 e. The molecule has 16 heavy (non-hydrogen) atoms. The van der Waals surface area contributed by atoms with Crippen LogP contribution in [0.5, 0.6) is 0 Å². The Bertz CT molecular complexity index is 334. The molecule has 2 saturated heterocycles. The highest BCUT2D eigenvalue weighted by Crippen LogP contribution is 2.29. The Balaban J connectivity index is 2.04. The number of nitrogens with one attached hydrogen (secondary N) is 1. The lowest BCUT2D eigenvalue weighted by Crippen LogP contribution is -2.50. The molecule has 0 aromatic heterocycles. The molecule has 2 aliphatic rings. The van der Waals surface area contributed by atoms with Gasteiger partial charge in [-0.3, -0.25) is 4.90 Å². The van der Waals surface area contributed by atoms with Crippen LogP contribution < -0.4 is 5.32 Å². The molecule has 2 aliphatic heterocycles. The van der Waals surface area contributed by atoms with Crippen molar-refractivity contribution in [3.8, 4) is 0 Å². The summed E-state index contributed by atoms with van der Waals surface area (Å²) in [6.07, 6.45) is 3.05. The number of sulfone groups is 1. The van der Waals surface area contributed by atoms with Crippen LogP contribution in [0.1, 0.15) is 26.2 Å². The van der Waals surface area contributed by atoms with Gasteiger partial charge in [-0.2, -0.15) is 0 Å². The van der Waals surface area contributed by atoms with Gasteiger partial charge in [-0.15, -0.1) is 0 Å². The monoisotopic (exact) mass is 246 g/mol. The van der Waals surface area contributed by atoms with Gasteiger partial charge in [0.1, 0.15) is 0 Å². The molecule has 1 unspecified atom stereocenters. The largest absolute Gasteiger partial charge is 0.317 e. The highest BCUT2D eigenvalue weighted by molar-refractivity contribution is 7.91. The van der Waals surface area contributed by atoms with Gasteiger partial charge < -0.3 is 5.32 Å². The Labute approximate surface area is 98.3 Å². The zero-order valence-electron chi connectivity index (χ0n) is 10.0. The summed E-state index contributed by atoms with van der Waals surface area (Å²) >= 11 is 0. The van der Waals surface area contributed by atoms with Gasteiger partial charge in [-0.1, -0.05) is 0 Å². The normalized spacial score (nSPS) is 36.8. The van der Waals surface area contributed by atoms with E-state index >= 15 is 0 Å². The van der Waals surface area contributed by atoms with Crippen molar-refractivity contribution in [3.05, 3.63) is 0 Å². The number of nitrogens with zero attached hydrogens (tertiary/aromatic N) is 1. The molecular formula is C11H22N2O2S. The van der Waals surface area contributed by atoms with Crippen LogP contribution in [0.3, 0.4) is 0 Å². The Morgan fingerprint density at radius 1 is 1.19 bits per heavy atom. The minimum atomic E-state index is -2.78. The summed E-state index contributed by atoms with van der Waals surface area (Å²) in [5, 5.41) is 3.38. The van der Waals surface area contributed by atoms with Gasteiger partial charge in [0.15, 0.2) is 9.84 Å². The van der Waals surface area contributed by atoms with Crippen LogP contribution in [0.4, 0.5) is 0 Å². The fourth-order valence-corrected chi connectivity index (χ4v) is 4.98. The first kappa shape index (κ1) is 12.3. The van der Waals surface area contributed by atoms with Crippen molar-refractivity contribution < 1.29 is 8.42 Å². The molecule has 2 heterocycles. The summed E-state index contributed by atoms with van der Waals surface area (Å²) in [6, 6.07) is 0. The Morgan fingerprint density at radius 2 is 1.81 bits per heavy atom. The van der Waals surface area contributed by atoms with Crippen molar-refractivity contribution in [1.82, 2.24) is 10.2 Å². The number of rotatable bonds is 1. The molecule has 4 nitrogen and oxygen atoms in total. The Kier molecular flexibility index (Phi) is 3.56. The van der Waals surface area contributed by atoms with Crippen LogP contribution in [0, 0.1) is 0 Å². The number of hydrogen-bond acceptors (Lipinski definition) is 4. The van der Waals surface area contributed by atoms with E-state index in [1.54, 1.807) is 0 Å². The fourth-order valence-electron chi connectivity index (χ4n) is 2.81. The summed E-state index contributed by atoms with van der Waals surface area (Å²) in [5.41, 5.74) is -0.101. The molecule has 0 saturated carbocycles. The third-order valence-corrected chi connectivity index (χ3v) is 5.70. The van der Waals surface area contributed by atoms with Crippen molar-refractivity contribution in [2.24, 2.45) is 0 Å². The fraction of sp³-hybridized carbons (Fsp3) is 1.00. The topological polar surface area (TPSA) is 49.4 Å². The van der Waals surface area contributed by atoms with E-state index in [9.17, 15) is 8.42 Å². The van der Waals surface area contributed by atoms with Crippen LogP contribution in [0.15, 0.2) is 0 Å². The minimum absolute atomic E-state index is 0.101. The molecule has 0 aliphatic carbocycles. The number of hydrogen-bond donors (Lipinski definition) is 1. The maximum atomic E-state index is 11.6. The molecule has 1 atom stereocenters. The highest BCUT2D eigenvalue weighted by atomic mass is 32.2. The molecule has 0 aromatic carbocycles. The quantitative estimate of drug-likeness (QED) is 0.720. The molecule has 94 valence electrons. The summed E-state index contributed by atoms with van der Waals surface area (Å²) in [7, 11) is -2.78. The predicted octanol–water partition coefficient (Wildman–Crippen LogP) is 0.249. The van der Waals surface area contributed by atoms with E-state index in [1.165, 1.54) is 0 Å². The van der Waals surface area contributed by atoms with Gasteiger partial charge in [0.25, 0.3) is 0 Å². The highest BCUT2D eigenvalue weighted by Gasteiger charge is 2.42. The third-order valence-electron chi connectivity index (χ3n) is 3.81. The lowest BCUT2D eigenvalue weighted by atomic mass is 9.98. The first-order valence-electron chi connectivity index (χ1n) is 6.18. The summed E-state index contributed by atoms with van der Waals surface area (Å²) < 4.78 is 23.2. The van der Waals surface area contributed by atoms with E-state index in [4.69, 9.17) is 0 Å². The van der Waals surface area contributed by atoms with Crippen molar-refractivity contribution >= 4 is 9.84 Å². The summed E-state index contributed by atoms with van der Waals surface area (Å²) in [4.78, 5) is 2.40. The second-order valence-electron chi connectivity index (χ2n) is 5.28. The summed E-state index contributed by atoms with van der Waals surface area (Å²) in [6.45, 7) is 6.28. The SMILES string of the molecule is CC1(N2CCCNCCC2)CCS(=O)(=O)C1. The standard InChI is InChI=1S/C11H22N2O2S/c1-11(4-9-16(14,15)10-11)13-7-2-5-12-6-3-8-13/h12H,2-10H2,1H3. The van der Waals surface area contributed by atoms with E-state index in [0.717, 1.165) is 45.4 Å². The lowest BCUT2D eigenvalue weighted by molar-refractivity contribution is 0.116. The van der Waals surface area contributed by atoms with E-state index in [0.29, 0.717) is 11.5 Å². The zero-order valence-corrected chi connectivity index (χ0v) is 10.9. The van der Waals surface area contributed by atoms with Crippen molar-refractivity contribution in [1.29, 1.82) is 0 Å². The second-order valence-corrected chi connectivity index (χ2v) is 7.47. The first-order valence-corrected chi connectivity index (χ1v) is 8.00. The van der Waals surface area contributed by atoms with Crippen molar-refractivity contribution in [3.63, 3.8) is 0 Å². The smallest absolute Gasteiger partial charge is 0.152 e. The van der Waals surface area contributed by atoms with Crippen LogP contribution in [0.25, 0.3) is 0 Å². The van der Waals surface area contributed by atoms with Gasteiger partial charge in [0, 0.05) is 5.54 Å². The zero-order chi connectivity index (χ0) is 11.6. The van der Waals surface area contributed by atoms with E-state index in [-0.39, 0.29) is 5.54 Å². The molecular weight excluding hydrogens is 224 g/mol. The van der Waals surface area contributed by atoms with Crippen molar-refractivity contribution in [2.75, 3.05) is 37.7 Å². The van der Waals surface area contributed by atoms with Crippen LogP contribution in [-0.4, -0.2) is 56.5 Å². The van der Waals surface area contributed by atoms with E-state index in [2.05, 4.69) is 17.1 Å². The van der Waals surface area contributed by atoms with E-state index in [1.807, 2.05) is 0 Å². The first-order chi connectivity index (χ1) is 7.52. The second kappa shape index (κ2) is 4.63. The van der Waals surface area contributed by atoms with Crippen LogP contribution >= 0.6 is 0 Å². The van der Waals surface area contributed by atoms with E-state index < -0.39 is 9.84 Å². The molecule has 0 radical (unpaired) electrons. The Morgan fingerprint density at radius 3 is 2.31 bits per heavy atom. The molecule has 1 N–H and O–H groups in total. The maximum Gasteiger partial charge on any atom is 0.152 e. The molecule has 0 aromatic rings. The molecule has 2 fully saturated rings. The van der Waals surface area contributed by atoms with Gasteiger partial charge in [0.05, 0.1) is 11.5 Å². The predicted molar refractivity (Wildman–Crippen MR) is 65.4 cm³/mol. The van der Waals surface area contributed by atoms with Gasteiger partial charge in [-0.25, -0.2) is 8.42 Å². The van der Waals surface area contributed by atoms with Crippen LogP contribution in [-0.2, 0) is 9.84 Å². The lowest BCUT2D eigenvalue weighted by Gasteiger charge is -2.38. The van der Waals surface area contributed by atoms with Crippen molar-refractivity contribution in [2.45, 2.75) is 31.7 Å². The molecule has 5 heteroatoms. The molecule has 0 spiro atoms. The average molecular weight is 246 g/mol. The van der Waals surface area contributed by atoms with Crippen LogP contribution in [0.2, 0.25) is 0 Å². The molecule has 0 bridgehead atoms. The Hall–Kier alpha value is -0.130. The molecule has 2 rings (SSSR count). The third kappa shape index (κ3) is 2.76. The van der Waals surface area contributed by atoms with Gasteiger partial charge in [-0.05, 0) is 52.4 Å². The molecule has 0 amide bonds. The maximum absolute atomic E-state index is 11.6. The van der Waals surface area contributed by atoms with Gasteiger partial charge in [0.2, 0.25) is 0 Å². The average Bonchev–Trinajstić information content (AvgIpc) is 2.40. The van der Waals surface area contributed by atoms with Gasteiger partial charge >= 0.3 is 0 Å². The summed E-state index contributed by atoms with van der Waals surface area (Å²) in [5.74, 6) is 0.728.